The number of hydrogen-bond acceptors (Lipinski definition) is 1. The second kappa shape index (κ2) is 10.9. The number of fused-ring (bicyclic) bond motifs is 2. The Balaban J connectivity index is 1.34. The largest absolute Gasteiger partial charge is 0.310 e. The average Bonchev–Trinajstić information content (AvgIpc) is 2.90. The van der Waals surface area contributed by atoms with Crippen molar-refractivity contribution in [2.24, 2.45) is 0 Å². The maximum atomic E-state index is 6.20. The normalized spacial score (nSPS) is 13.4. The molecular weight excluding hydrogens is 446 g/mol. The molecule has 0 spiro atoms. The highest BCUT2D eigenvalue weighted by atomic mass is 35.5. The third-order valence-electron chi connectivity index (χ3n) is 6.87. The van der Waals surface area contributed by atoms with Crippen molar-refractivity contribution in [2.45, 2.75) is 31.8 Å². The highest BCUT2D eigenvalue weighted by molar-refractivity contribution is 6.30. The Morgan fingerprint density at radius 2 is 1.46 bits per heavy atom. The standard InChI is InChI=1S/C33H30ClN/c1-24(35-23-30-13-7-12-27-10-4-5-14-33(27)30)32(28-18-20-31(34)21-19-28)15-6-8-25-16-17-26-9-2-3-11-29(26)22-25/h2-14,16-22,24,32,35H,15,23H2,1H3/b8-6+. The molecule has 0 aliphatic carbocycles. The van der Waals surface area contributed by atoms with Gasteiger partial charge in [-0.1, -0.05) is 115 Å². The molecule has 0 aliphatic rings. The molecular formula is C33H30ClN. The van der Waals surface area contributed by atoms with Crippen LogP contribution in [0.5, 0.6) is 0 Å². The molecule has 0 radical (unpaired) electrons. The lowest BCUT2D eigenvalue weighted by molar-refractivity contribution is 0.461. The highest BCUT2D eigenvalue weighted by Gasteiger charge is 2.18. The van der Waals surface area contributed by atoms with E-state index in [-0.39, 0.29) is 6.04 Å². The van der Waals surface area contributed by atoms with Gasteiger partial charge in [0.1, 0.15) is 0 Å². The molecule has 0 aliphatic heterocycles. The first-order valence-electron chi connectivity index (χ1n) is 12.3. The third-order valence-corrected chi connectivity index (χ3v) is 7.12. The van der Waals surface area contributed by atoms with Crippen LogP contribution in [0.15, 0.2) is 115 Å². The van der Waals surface area contributed by atoms with E-state index in [1.165, 1.54) is 38.2 Å². The number of rotatable bonds is 8. The van der Waals surface area contributed by atoms with Gasteiger partial charge in [-0.25, -0.2) is 0 Å². The van der Waals surface area contributed by atoms with Crippen molar-refractivity contribution in [2.75, 3.05) is 0 Å². The Kier molecular flexibility index (Phi) is 7.28. The summed E-state index contributed by atoms with van der Waals surface area (Å²) in [5, 5.41) is 9.73. The van der Waals surface area contributed by atoms with Crippen molar-refractivity contribution in [3.63, 3.8) is 0 Å². The first-order valence-corrected chi connectivity index (χ1v) is 12.7. The zero-order valence-electron chi connectivity index (χ0n) is 20.0. The van der Waals surface area contributed by atoms with Crippen molar-refractivity contribution in [1.29, 1.82) is 0 Å². The van der Waals surface area contributed by atoms with Crippen LogP contribution >= 0.6 is 11.6 Å². The van der Waals surface area contributed by atoms with Gasteiger partial charge in [-0.3, -0.25) is 0 Å². The van der Waals surface area contributed by atoms with Crippen molar-refractivity contribution < 1.29 is 0 Å². The van der Waals surface area contributed by atoms with Crippen LogP contribution in [-0.4, -0.2) is 6.04 Å². The maximum absolute atomic E-state index is 6.20. The van der Waals surface area contributed by atoms with E-state index in [0.717, 1.165) is 18.0 Å². The van der Waals surface area contributed by atoms with E-state index in [1.807, 2.05) is 12.1 Å². The third kappa shape index (κ3) is 5.65. The van der Waals surface area contributed by atoms with Crippen LogP contribution in [0.4, 0.5) is 0 Å². The molecule has 0 saturated heterocycles. The molecule has 35 heavy (non-hydrogen) atoms. The van der Waals surface area contributed by atoms with E-state index < -0.39 is 0 Å². The molecule has 0 fully saturated rings. The van der Waals surface area contributed by atoms with Gasteiger partial charge in [0.15, 0.2) is 0 Å². The second-order valence-corrected chi connectivity index (χ2v) is 9.65. The number of benzene rings is 5. The van der Waals surface area contributed by atoms with Crippen LogP contribution in [0.1, 0.15) is 36.0 Å². The molecule has 5 aromatic rings. The molecule has 2 unspecified atom stereocenters. The van der Waals surface area contributed by atoms with Crippen LogP contribution in [0, 0.1) is 0 Å². The predicted octanol–water partition coefficient (Wildman–Crippen LogP) is 9.01. The van der Waals surface area contributed by atoms with Crippen molar-refractivity contribution in [3.05, 3.63) is 137 Å². The van der Waals surface area contributed by atoms with Crippen LogP contribution < -0.4 is 5.32 Å². The maximum Gasteiger partial charge on any atom is 0.0406 e. The van der Waals surface area contributed by atoms with Gasteiger partial charge in [0.2, 0.25) is 0 Å². The van der Waals surface area contributed by atoms with Gasteiger partial charge in [-0.2, -0.15) is 0 Å². The minimum Gasteiger partial charge on any atom is -0.310 e. The Hall–Kier alpha value is -3.39. The quantitative estimate of drug-likeness (QED) is 0.236. The smallest absolute Gasteiger partial charge is 0.0406 e. The Morgan fingerprint density at radius 3 is 2.29 bits per heavy atom. The van der Waals surface area contributed by atoms with E-state index in [0.29, 0.717) is 5.92 Å². The van der Waals surface area contributed by atoms with Gasteiger partial charge < -0.3 is 5.32 Å². The Morgan fingerprint density at radius 1 is 0.743 bits per heavy atom. The zero-order valence-corrected chi connectivity index (χ0v) is 20.7. The molecule has 174 valence electrons. The van der Waals surface area contributed by atoms with Crippen LogP contribution in [-0.2, 0) is 6.54 Å². The van der Waals surface area contributed by atoms with Crippen molar-refractivity contribution in [1.82, 2.24) is 5.32 Å². The summed E-state index contributed by atoms with van der Waals surface area (Å²) in [6, 6.07) is 38.9. The fourth-order valence-corrected chi connectivity index (χ4v) is 4.99. The second-order valence-electron chi connectivity index (χ2n) is 9.21. The number of nitrogens with one attached hydrogen (secondary N) is 1. The van der Waals surface area contributed by atoms with Crippen LogP contribution in [0.3, 0.4) is 0 Å². The lowest BCUT2D eigenvalue weighted by atomic mass is 9.88. The summed E-state index contributed by atoms with van der Waals surface area (Å²) in [7, 11) is 0. The molecule has 2 atom stereocenters. The molecule has 1 N–H and O–H groups in total. The summed E-state index contributed by atoms with van der Waals surface area (Å²) in [5.74, 6) is 0.332. The summed E-state index contributed by atoms with van der Waals surface area (Å²) in [4.78, 5) is 0. The van der Waals surface area contributed by atoms with Gasteiger partial charge in [0.05, 0.1) is 0 Å². The molecule has 0 aromatic heterocycles. The molecule has 0 heterocycles. The predicted molar refractivity (Wildman–Crippen MR) is 152 cm³/mol. The van der Waals surface area contributed by atoms with Crippen molar-refractivity contribution >= 4 is 39.2 Å². The van der Waals surface area contributed by atoms with Crippen LogP contribution in [0.2, 0.25) is 5.02 Å². The number of allylic oxidation sites excluding steroid dienone is 1. The number of hydrogen-bond donors (Lipinski definition) is 1. The van der Waals surface area contributed by atoms with Crippen molar-refractivity contribution in [3.8, 4) is 0 Å². The first kappa shape index (κ1) is 23.4. The Bertz CT molecular complexity index is 1450. The van der Waals surface area contributed by atoms with Gasteiger partial charge in [-0.15, -0.1) is 0 Å². The summed E-state index contributed by atoms with van der Waals surface area (Å²) >= 11 is 6.20. The van der Waals surface area contributed by atoms with Gasteiger partial charge in [-0.05, 0) is 69.8 Å². The topological polar surface area (TPSA) is 12.0 Å². The summed E-state index contributed by atoms with van der Waals surface area (Å²) < 4.78 is 0. The lowest BCUT2D eigenvalue weighted by Gasteiger charge is -2.25. The zero-order chi connectivity index (χ0) is 24.0. The molecule has 5 aromatic carbocycles. The minimum absolute atomic E-state index is 0.288. The fourth-order valence-electron chi connectivity index (χ4n) is 4.86. The van der Waals surface area contributed by atoms with Crippen LogP contribution in [0.25, 0.3) is 27.6 Å². The van der Waals surface area contributed by atoms with E-state index in [9.17, 15) is 0 Å². The van der Waals surface area contributed by atoms with E-state index >= 15 is 0 Å². The summed E-state index contributed by atoms with van der Waals surface area (Å²) in [5.41, 5.74) is 3.86. The highest BCUT2D eigenvalue weighted by Crippen LogP contribution is 2.27. The van der Waals surface area contributed by atoms with Gasteiger partial charge >= 0.3 is 0 Å². The number of halogens is 1. The molecule has 5 rings (SSSR count). The monoisotopic (exact) mass is 475 g/mol. The molecule has 0 saturated carbocycles. The first-order chi connectivity index (χ1) is 17.2. The molecule has 2 heteroatoms. The Labute approximate surface area is 213 Å². The average molecular weight is 476 g/mol. The molecule has 0 amide bonds. The lowest BCUT2D eigenvalue weighted by Crippen LogP contribution is -2.31. The van der Waals surface area contributed by atoms with Gasteiger partial charge in [0.25, 0.3) is 0 Å². The van der Waals surface area contributed by atoms with E-state index in [1.54, 1.807) is 0 Å². The summed E-state index contributed by atoms with van der Waals surface area (Å²) in [6.07, 6.45) is 5.49. The van der Waals surface area contributed by atoms with E-state index in [4.69, 9.17) is 11.6 Å². The fraction of sp³-hybridized carbons (Fsp3) is 0.152. The minimum atomic E-state index is 0.288. The molecule has 0 bridgehead atoms. The SMILES string of the molecule is CC(NCc1cccc2ccccc12)C(C/C=C/c1ccc2ccccc2c1)c1ccc(Cl)cc1. The summed E-state index contributed by atoms with van der Waals surface area (Å²) in [6.45, 7) is 3.12. The van der Waals surface area contributed by atoms with Gasteiger partial charge in [0, 0.05) is 23.5 Å². The molecule has 1 nitrogen and oxygen atoms in total. The van der Waals surface area contributed by atoms with E-state index in [2.05, 4.69) is 121 Å².